The zero-order valence-corrected chi connectivity index (χ0v) is 16.7. The molecule has 1 N–H and O–H groups in total. The van der Waals surface area contributed by atoms with E-state index in [1.54, 1.807) is 43.3 Å². The van der Waals surface area contributed by atoms with E-state index in [-0.39, 0.29) is 24.6 Å². The summed E-state index contributed by atoms with van der Waals surface area (Å²) in [4.78, 5) is 48.5. The van der Waals surface area contributed by atoms with E-state index in [0.717, 1.165) is 0 Å². The van der Waals surface area contributed by atoms with Crippen LogP contribution in [0.25, 0.3) is 0 Å². The number of nitrogens with one attached hydrogen (secondary N) is 1. The number of carbonyl (C=O) groups is 3. The smallest absolute Gasteiger partial charge is 0.311 e. The van der Waals surface area contributed by atoms with Gasteiger partial charge in [-0.3, -0.25) is 24.5 Å². The normalized spacial score (nSPS) is 15.7. The van der Waals surface area contributed by atoms with Crippen LogP contribution in [0.3, 0.4) is 0 Å². The fourth-order valence-corrected chi connectivity index (χ4v) is 3.26. The van der Waals surface area contributed by atoms with Gasteiger partial charge in [-0.1, -0.05) is 29.8 Å². The van der Waals surface area contributed by atoms with Crippen molar-refractivity contribution in [1.29, 1.82) is 0 Å². The van der Waals surface area contributed by atoms with Crippen LogP contribution in [0.2, 0.25) is 5.02 Å². The minimum Gasteiger partial charge on any atom is -0.455 e. The van der Waals surface area contributed by atoms with Gasteiger partial charge in [0.1, 0.15) is 0 Å². The van der Waals surface area contributed by atoms with Gasteiger partial charge in [0.25, 0.3) is 11.6 Å². The second-order valence-electron chi connectivity index (χ2n) is 6.77. The van der Waals surface area contributed by atoms with E-state index < -0.39 is 29.3 Å². The number of benzene rings is 2. The SMILES string of the molecule is Cc1ccc(N2C[C@@H](C(=O)OCC(=O)Nc3ccccc3Cl)CC2=O)cc1[N+](=O)[O-]. The molecule has 0 aliphatic carbocycles. The van der Waals surface area contributed by atoms with E-state index >= 15 is 0 Å². The molecular formula is C20H18ClN3O6. The third-order valence-corrected chi connectivity index (χ3v) is 4.98. The molecule has 2 aromatic carbocycles. The summed E-state index contributed by atoms with van der Waals surface area (Å²) in [6.45, 7) is 1.09. The molecule has 3 rings (SSSR count). The van der Waals surface area contributed by atoms with Gasteiger partial charge in [0, 0.05) is 24.6 Å². The lowest BCUT2D eigenvalue weighted by Gasteiger charge is -2.16. The summed E-state index contributed by atoms with van der Waals surface area (Å²) in [7, 11) is 0. The standard InChI is InChI=1S/C20H18ClN3O6/c1-12-6-7-14(9-17(12)24(28)29)23-10-13(8-19(23)26)20(27)30-11-18(25)22-16-5-3-2-4-15(16)21/h2-7,9,13H,8,10-11H2,1H3,(H,22,25)/t13-/m0/s1. The third-order valence-electron chi connectivity index (χ3n) is 4.65. The number of hydrogen-bond acceptors (Lipinski definition) is 6. The van der Waals surface area contributed by atoms with Crippen LogP contribution >= 0.6 is 11.6 Å². The molecule has 1 aliphatic heterocycles. The van der Waals surface area contributed by atoms with E-state index in [2.05, 4.69) is 5.32 Å². The highest BCUT2D eigenvalue weighted by Crippen LogP contribution is 2.30. The fraction of sp³-hybridized carbons (Fsp3) is 0.250. The Morgan fingerprint density at radius 3 is 2.73 bits per heavy atom. The first-order valence-corrected chi connectivity index (χ1v) is 9.40. The van der Waals surface area contributed by atoms with Crippen molar-refractivity contribution in [1.82, 2.24) is 0 Å². The topological polar surface area (TPSA) is 119 Å². The maximum atomic E-state index is 12.3. The summed E-state index contributed by atoms with van der Waals surface area (Å²) < 4.78 is 5.03. The Morgan fingerprint density at radius 1 is 1.30 bits per heavy atom. The molecule has 0 spiro atoms. The highest BCUT2D eigenvalue weighted by Gasteiger charge is 2.37. The third kappa shape index (κ3) is 4.74. The summed E-state index contributed by atoms with van der Waals surface area (Å²) >= 11 is 5.96. The average molecular weight is 432 g/mol. The summed E-state index contributed by atoms with van der Waals surface area (Å²) in [6.07, 6.45) is -0.105. The van der Waals surface area contributed by atoms with Gasteiger partial charge in [0.15, 0.2) is 6.61 Å². The Morgan fingerprint density at radius 2 is 2.03 bits per heavy atom. The molecule has 0 unspecified atom stereocenters. The maximum Gasteiger partial charge on any atom is 0.311 e. The molecule has 10 heteroatoms. The van der Waals surface area contributed by atoms with Gasteiger partial charge >= 0.3 is 5.97 Å². The summed E-state index contributed by atoms with van der Waals surface area (Å²) in [5, 5.41) is 14.0. The van der Waals surface area contributed by atoms with Gasteiger partial charge in [-0.15, -0.1) is 0 Å². The molecule has 1 fully saturated rings. The van der Waals surface area contributed by atoms with E-state index in [9.17, 15) is 24.5 Å². The molecule has 2 amide bonds. The molecule has 1 saturated heterocycles. The summed E-state index contributed by atoms with van der Waals surface area (Å²) in [6, 6.07) is 11.1. The minimum atomic E-state index is -0.772. The van der Waals surface area contributed by atoms with Crippen LogP contribution in [0.5, 0.6) is 0 Å². The molecule has 156 valence electrons. The molecule has 0 aromatic heterocycles. The Kier molecular flexibility index (Phi) is 6.31. The van der Waals surface area contributed by atoms with Crippen molar-refractivity contribution < 1.29 is 24.0 Å². The zero-order chi connectivity index (χ0) is 21.8. The van der Waals surface area contributed by atoms with E-state index in [1.807, 2.05) is 0 Å². The number of ether oxygens (including phenoxy) is 1. The van der Waals surface area contributed by atoms with Gasteiger partial charge < -0.3 is 15.0 Å². The number of carbonyl (C=O) groups excluding carboxylic acids is 3. The lowest BCUT2D eigenvalue weighted by molar-refractivity contribution is -0.385. The van der Waals surface area contributed by atoms with Crippen LogP contribution in [0.1, 0.15) is 12.0 Å². The van der Waals surface area contributed by atoms with Gasteiger partial charge in [-0.25, -0.2) is 0 Å². The second-order valence-corrected chi connectivity index (χ2v) is 7.18. The van der Waals surface area contributed by atoms with Crippen molar-refractivity contribution in [2.24, 2.45) is 5.92 Å². The lowest BCUT2D eigenvalue weighted by atomic mass is 10.1. The summed E-state index contributed by atoms with van der Waals surface area (Å²) in [5.41, 5.74) is 1.09. The molecule has 30 heavy (non-hydrogen) atoms. The molecule has 0 radical (unpaired) electrons. The molecular weight excluding hydrogens is 414 g/mol. The first-order chi connectivity index (χ1) is 14.3. The van der Waals surface area contributed by atoms with Crippen molar-refractivity contribution in [2.45, 2.75) is 13.3 Å². The molecule has 2 aromatic rings. The van der Waals surface area contributed by atoms with Crippen LogP contribution in [-0.2, 0) is 19.1 Å². The highest BCUT2D eigenvalue weighted by atomic mass is 35.5. The molecule has 0 bridgehead atoms. The Bertz CT molecular complexity index is 1030. The predicted octanol–water partition coefficient (Wildman–Crippen LogP) is 3.09. The van der Waals surface area contributed by atoms with Gasteiger partial charge in [0.2, 0.25) is 5.91 Å². The van der Waals surface area contributed by atoms with Crippen molar-refractivity contribution >= 4 is 46.4 Å². The van der Waals surface area contributed by atoms with Gasteiger partial charge in [-0.05, 0) is 25.1 Å². The Hall–Kier alpha value is -3.46. The second kappa shape index (κ2) is 8.91. The number of para-hydroxylation sites is 1. The quantitative estimate of drug-likeness (QED) is 0.426. The first-order valence-electron chi connectivity index (χ1n) is 9.02. The van der Waals surface area contributed by atoms with Gasteiger partial charge in [0.05, 0.1) is 27.2 Å². The number of nitrogens with zero attached hydrogens (tertiary/aromatic N) is 2. The van der Waals surface area contributed by atoms with E-state index in [1.165, 1.54) is 11.0 Å². The number of anilines is 2. The van der Waals surface area contributed by atoms with Crippen molar-refractivity contribution in [2.75, 3.05) is 23.4 Å². The molecule has 1 atom stereocenters. The van der Waals surface area contributed by atoms with E-state index in [0.29, 0.717) is 22.0 Å². The molecule has 9 nitrogen and oxygen atoms in total. The van der Waals surface area contributed by atoms with Crippen LogP contribution in [0.15, 0.2) is 42.5 Å². The van der Waals surface area contributed by atoms with Crippen LogP contribution < -0.4 is 10.2 Å². The number of nitro benzene ring substituents is 1. The average Bonchev–Trinajstić information content (AvgIpc) is 3.10. The zero-order valence-electron chi connectivity index (χ0n) is 16.0. The van der Waals surface area contributed by atoms with E-state index in [4.69, 9.17) is 16.3 Å². The fourth-order valence-electron chi connectivity index (χ4n) is 3.08. The van der Waals surface area contributed by atoms with Crippen molar-refractivity contribution in [3.8, 4) is 0 Å². The van der Waals surface area contributed by atoms with Gasteiger partial charge in [-0.2, -0.15) is 0 Å². The first kappa shape index (κ1) is 21.3. The highest BCUT2D eigenvalue weighted by molar-refractivity contribution is 6.33. The maximum absolute atomic E-state index is 12.3. The van der Waals surface area contributed by atoms with Crippen molar-refractivity contribution in [3.63, 3.8) is 0 Å². The van der Waals surface area contributed by atoms with Crippen LogP contribution in [0, 0.1) is 23.0 Å². The Labute approximate surface area is 176 Å². The number of halogens is 1. The van der Waals surface area contributed by atoms with Crippen LogP contribution in [0.4, 0.5) is 17.1 Å². The van der Waals surface area contributed by atoms with Crippen LogP contribution in [-0.4, -0.2) is 35.9 Å². The number of hydrogen-bond donors (Lipinski definition) is 1. The van der Waals surface area contributed by atoms with Crippen molar-refractivity contribution in [3.05, 3.63) is 63.2 Å². The monoisotopic (exact) mass is 431 g/mol. The largest absolute Gasteiger partial charge is 0.455 e. The molecule has 1 heterocycles. The summed E-state index contributed by atoms with van der Waals surface area (Å²) in [5.74, 6) is -2.38. The minimum absolute atomic E-state index is 0.0179. The molecule has 0 saturated carbocycles. The number of rotatable bonds is 6. The number of esters is 1. The number of amides is 2. The predicted molar refractivity (Wildman–Crippen MR) is 109 cm³/mol. The Balaban J connectivity index is 1.59. The number of aryl methyl sites for hydroxylation is 1. The molecule has 1 aliphatic rings. The lowest BCUT2D eigenvalue weighted by Crippen LogP contribution is -2.28. The number of nitro groups is 1.